The van der Waals surface area contributed by atoms with E-state index in [4.69, 9.17) is 0 Å². The second-order valence-corrected chi connectivity index (χ2v) is 6.21. The fourth-order valence-electron chi connectivity index (χ4n) is 2.71. The van der Waals surface area contributed by atoms with Gasteiger partial charge < -0.3 is 10.6 Å². The van der Waals surface area contributed by atoms with Crippen LogP contribution in [0.3, 0.4) is 0 Å². The normalized spacial score (nSPS) is 10.4. The van der Waals surface area contributed by atoms with E-state index in [1.165, 1.54) is 23.3 Å². The summed E-state index contributed by atoms with van der Waals surface area (Å²) in [7, 11) is 0. The monoisotopic (exact) mass is 348 g/mol. The summed E-state index contributed by atoms with van der Waals surface area (Å²) in [5.41, 5.74) is 4.85. The van der Waals surface area contributed by atoms with Gasteiger partial charge in [0.15, 0.2) is 0 Å². The summed E-state index contributed by atoms with van der Waals surface area (Å²) in [6.45, 7) is 2.84. The molecule has 0 radical (unpaired) electrons. The van der Waals surface area contributed by atoms with Gasteiger partial charge in [-0.15, -0.1) is 0 Å². The third-order valence-electron chi connectivity index (χ3n) is 4.17. The number of nitrogens with one attached hydrogen (secondary N) is 2. The molecule has 0 aliphatic heterocycles. The van der Waals surface area contributed by atoms with Crippen LogP contribution in [0.5, 0.6) is 0 Å². The lowest BCUT2D eigenvalue weighted by molar-refractivity contribution is -0.115. The minimum atomic E-state index is -0.334. The number of amides is 1. The van der Waals surface area contributed by atoms with E-state index in [1.807, 2.05) is 36.4 Å². The van der Waals surface area contributed by atoms with Gasteiger partial charge in [0.2, 0.25) is 5.91 Å². The Morgan fingerprint density at radius 2 is 1.65 bits per heavy atom. The zero-order valence-corrected chi connectivity index (χ0v) is 14.6. The highest BCUT2D eigenvalue weighted by molar-refractivity contribution is 5.92. The van der Waals surface area contributed by atoms with Gasteiger partial charge in [-0.1, -0.05) is 36.4 Å². The number of carbonyl (C=O) groups excluding carboxylic acids is 1. The van der Waals surface area contributed by atoms with E-state index in [1.54, 1.807) is 12.1 Å². The third kappa shape index (κ3) is 4.93. The van der Waals surface area contributed by atoms with Crippen molar-refractivity contribution in [2.75, 3.05) is 10.6 Å². The van der Waals surface area contributed by atoms with E-state index in [0.29, 0.717) is 11.3 Å². The minimum absolute atomic E-state index is 0.144. The zero-order chi connectivity index (χ0) is 18.4. The van der Waals surface area contributed by atoms with Crippen molar-refractivity contribution in [2.45, 2.75) is 19.9 Å². The summed E-state index contributed by atoms with van der Waals surface area (Å²) in [6.07, 6.45) is 0.144. The summed E-state index contributed by atoms with van der Waals surface area (Å²) in [4.78, 5) is 12.1. The maximum atomic E-state index is 13.2. The van der Waals surface area contributed by atoms with Crippen molar-refractivity contribution in [3.63, 3.8) is 0 Å². The van der Waals surface area contributed by atoms with Crippen molar-refractivity contribution in [3.8, 4) is 0 Å². The van der Waals surface area contributed by atoms with Gasteiger partial charge in [0, 0.05) is 17.9 Å². The van der Waals surface area contributed by atoms with Crippen LogP contribution >= 0.6 is 0 Å². The Morgan fingerprint density at radius 3 is 2.38 bits per heavy atom. The molecule has 0 saturated carbocycles. The Hall–Kier alpha value is -3.14. The molecule has 0 aliphatic carbocycles. The molecule has 0 unspecified atom stereocenters. The third-order valence-corrected chi connectivity index (χ3v) is 4.17. The zero-order valence-electron chi connectivity index (χ0n) is 14.6. The van der Waals surface area contributed by atoms with Crippen molar-refractivity contribution >= 4 is 17.3 Å². The highest BCUT2D eigenvalue weighted by atomic mass is 19.1. The molecule has 0 fully saturated rings. The van der Waals surface area contributed by atoms with E-state index in [0.717, 1.165) is 12.2 Å². The lowest BCUT2D eigenvalue weighted by atomic mass is 10.1. The molecule has 1 amide bonds. The number of carbonyl (C=O) groups is 1. The number of benzene rings is 3. The van der Waals surface area contributed by atoms with Gasteiger partial charge in [-0.05, 0) is 60.0 Å². The second kappa shape index (κ2) is 8.30. The highest BCUT2D eigenvalue weighted by Crippen LogP contribution is 2.16. The van der Waals surface area contributed by atoms with E-state index in [9.17, 15) is 9.18 Å². The number of hydrogen-bond acceptors (Lipinski definition) is 2. The Balaban J connectivity index is 1.54. The molecule has 0 aromatic heterocycles. The van der Waals surface area contributed by atoms with Crippen molar-refractivity contribution in [2.24, 2.45) is 0 Å². The van der Waals surface area contributed by atoms with Crippen LogP contribution in [0.2, 0.25) is 0 Å². The van der Waals surface area contributed by atoms with Crippen molar-refractivity contribution in [3.05, 3.63) is 95.3 Å². The molecule has 0 atom stereocenters. The van der Waals surface area contributed by atoms with Crippen LogP contribution in [0.25, 0.3) is 0 Å². The molecule has 26 heavy (non-hydrogen) atoms. The average Bonchev–Trinajstić information content (AvgIpc) is 2.62. The number of hydrogen-bond donors (Lipinski definition) is 2. The number of halogens is 1. The van der Waals surface area contributed by atoms with Crippen molar-refractivity contribution in [1.82, 2.24) is 0 Å². The fourth-order valence-corrected chi connectivity index (χ4v) is 2.71. The van der Waals surface area contributed by atoms with Gasteiger partial charge in [-0.25, -0.2) is 4.39 Å². The SMILES string of the molecule is Cc1ccccc1CNc1ccc(NC(=O)Cc2cccc(F)c2)cc1. The first-order valence-corrected chi connectivity index (χ1v) is 8.53. The van der Waals surface area contributed by atoms with Gasteiger partial charge >= 0.3 is 0 Å². The Kier molecular flexibility index (Phi) is 5.64. The molecular formula is C22H21FN2O. The maximum Gasteiger partial charge on any atom is 0.228 e. The maximum absolute atomic E-state index is 13.2. The molecule has 132 valence electrons. The summed E-state index contributed by atoms with van der Waals surface area (Å²) < 4.78 is 13.2. The van der Waals surface area contributed by atoms with Crippen LogP contribution in [0, 0.1) is 12.7 Å². The predicted molar refractivity (Wildman–Crippen MR) is 104 cm³/mol. The smallest absolute Gasteiger partial charge is 0.228 e. The summed E-state index contributed by atoms with van der Waals surface area (Å²) in [6, 6.07) is 21.9. The molecule has 2 N–H and O–H groups in total. The number of rotatable bonds is 6. The summed E-state index contributed by atoms with van der Waals surface area (Å²) in [5, 5.41) is 6.20. The first kappa shape index (κ1) is 17.7. The first-order chi connectivity index (χ1) is 12.6. The van der Waals surface area contributed by atoms with Crippen LogP contribution in [0.1, 0.15) is 16.7 Å². The predicted octanol–water partition coefficient (Wildman–Crippen LogP) is 4.93. The van der Waals surface area contributed by atoms with Gasteiger partial charge in [-0.3, -0.25) is 4.79 Å². The molecule has 0 saturated heterocycles. The van der Waals surface area contributed by atoms with Crippen molar-refractivity contribution < 1.29 is 9.18 Å². The Labute approximate surface area is 152 Å². The molecule has 4 heteroatoms. The lowest BCUT2D eigenvalue weighted by Gasteiger charge is -2.10. The Morgan fingerprint density at radius 1 is 0.923 bits per heavy atom. The van der Waals surface area contributed by atoms with Gasteiger partial charge in [0.05, 0.1) is 6.42 Å². The Bertz CT molecular complexity index is 891. The molecule has 0 bridgehead atoms. The van der Waals surface area contributed by atoms with Crippen molar-refractivity contribution in [1.29, 1.82) is 0 Å². The minimum Gasteiger partial charge on any atom is -0.381 e. The van der Waals surface area contributed by atoms with E-state index in [-0.39, 0.29) is 18.1 Å². The van der Waals surface area contributed by atoms with Gasteiger partial charge in [-0.2, -0.15) is 0 Å². The molecular weight excluding hydrogens is 327 g/mol. The van der Waals surface area contributed by atoms with E-state index < -0.39 is 0 Å². The van der Waals surface area contributed by atoms with E-state index in [2.05, 4.69) is 29.7 Å². The molecule has 0 spiro atoms. The molecule has 0 heterocycles. The quantitative estimate of drug-likeness (QED) is 0.663. The molecule has 0 aliphatic rings. The second-order valence-electron chi connectivity index (χ2n) is 6.21. The number of anilines is 2. The summed E-state index contributed by atoms with van der Waals surface area (Å²) in [5.74, 6) is -0.504. The van der Waals surface area contributed by atoms with Crippen LogP contribution < -0.4 is 10.6 Å². The molecule has 3 rings (SSSR count). The first-order valence-electron chi connectivity index (χ1n) is 8.53. The fraction of sp³-hybridized carbons (Fsp3) is 0.136. The lowest BCUT2D eigenvalue weighted by Crippen LogP contribution is -2.14. The van der Waals surface area contributed by atoms with Crippen LogP contribution in [0.15, 0.2) is 72.8 Å². The molecule has 3 nitrogen and oxygen atoms in total. The average molecular weight is 348 g/mol. The highest BCUT2D eigenvalue weighted by Gasteiger charge is 2.05. The van der Waals surface area contributed by atoms with Gasteiger partial charge in [0.25, 0.3) is 0 Å². The van der Waals surface area contributed by atoms with Gasteiger partial charge in [0.1, 0.15) is 5.82 Å². The number of aryl methyl sites for hydroxylation is 1. The largest absolute Gasteiger partial charge is 0.381 e. The van der Waals surface area contributed by atoms with Crippen LogP contribution in [-0.2, 0) is 17.8 Å². The molecule has 3 aromatic carbocycles. The topological polar surface area (TPSA) is 41.1 Å². The van der Waals surface area contributed by atoms with E-state index >= 15 is 0 Å². The standard InChI is InChI=1S/C22H21FN2O/c1-16-5-2-3-7-18(16)15-24-20-9-11-21(12-10-20)25-22(26)14-17-6-4-8-19(23)13-17/h2-13,24H,14-15H2,1H3,(H,25,26). The molecule has 3 aromatic rings. The van der Waals surface area contributed by atoms with Crippen LogP contribution in [-0.4, -0.2) is 5.91 Å². The summed E-state index contributed by atoms with van der Waals surface area (Å²) >= 11 is 0. The van der Waals surface area contributed by atoms with Crippen LogP contribution in [0.4, 0.5) is 15.8 Å².